The Morgan fingerprint density at radius 2 is 1.65 bits per heavy atom. The molecule has 0 amide bonds. The van der Waals surface area contributed by atoms with Gasteiger partial charge in [0.1, 0.15) is 0 Å². The normalized spacial score (nSPS) is 14.5. The molecule has 0 unspecified atom stereocenters. The maximum Gasteiger partial charge on any atom is 0.472 e. The van der Waals surface area contributed by atoms with Gasteiger partial charge in [-0.05, 0) is 40.0 Å². The monoisotopic (exact) mass is 267 g/mol. The van der Waals surface area contributed by atoms with Crippen LogP contribution in [0.2, 0.25) is 0 Å². The molecule has 6 heteroatoms. The SMILES string of the molecule is CC(C)C[C@H](N)B(O)OC(C)(C)C(C)(C)O.Cl. The minimum atomic E-state index is -1.05. The van der Waals surface area contributed by atoms with Gasteiger partial charge in [0, 0.05) is 5.94 Å². The standard InChI is InChI=1S/C11H26BNO3.ClH/c1-8(2)7-9(13)12(15)16-11(5,6)10(3,4)14;/h8-9,14-15H,7,13H2,1-6H3;1H/t9-;/m0./s1. The first-order valence-corrected chi connectivity index (χ1v) is 5.81. The first kappa shape index (κ1) is 19.5. The Kier molecular flexibility index (Phi) is 7.99. The van der Waals surface area contributed by atoms with E-state index in [1.807, 2.05) is 13.8 Å². The second kappa shape index (κ2) is 6.95. The van der Waals surface area contributed by atoms with Crippen molar-refractivity contribution in [1.82, 2.24) is 0 Å². The predicted molar refractivity (Wildman–Crippen MR) is 74.1 cm³/mol. The van der Waals surface area contributed by atoms with E-state index in [9.17, 15) is 10.1 Å². The van der Waals surface area contributed by atoms with Crippen molar-refractivity contribution in [2.75, 3.05) is 0 Å². The van der Waals surface area contributed by atoms with E-state index < -0.39 is 24.3 Å². The number of nitrogens with two attached hydrogens (primary N) is 1. The Morgan fingerprint density at radius 1 is 1.24 bits per heavy atom. The van der Waals surface area contributed by atoms with Crippen molar-refractivity contribution in [3.63, 3.8) is 0 Å². The molecule has 0 spiro atoms. The molecule has 0 aliphatic heterocycles. The van der Waals surface area contributed by atoms with Gasteiger partial charge in [-0.3, -0.25) is 0 Å². The highest BCUT2D eigenvalue weighted by atomic mass is 35.5. The maximum atomic E-state index is 9.88. The molecular weight excluding hydrogens is 240 g/mol. The summed E-state index contributed by atoms with van der Waals surface area (Å²) in [5, 5.41) is 19.7. The fourth-order valence-corrected chi connectivity index (χ4v) is 1.19. The maximum absolute atomic E-state index is 9.88. The summed E-state index contributed by atoms with van der Waals surface area (Å²) in [7, 11) is -1.05. The quantitative estimate of drug-likeness (QED) is 0.635. The van der Waals surface area contributed by atoms with Crippen LogP contribution in [0.5, 0.6) is 0 Å². The van der Waals surface area contributed by atoms with Crippen LogP contribution in [0.15, 0.2) is 0 Å². The van der Waals surface area contributed by atoms with Crippen molar-refractivity contribution in [1.29, 1.82) is 0 Å². The molecule has 0 heterocycles. The van der Waals surface area contributed by atoms with Gasteiger partial charge in [-0.15, -0.1) is 12.4 Å². The summed E-state index contributed by atoms with van der Waals surface area (Å²) in [6.45, 7) is 10.8. The zero-order valence-electron chi connectivity index (χ0n) is 11.7. The van der Waals surface area contributed by atoms with Crippen LogP contribution >= 0.6 is 12.4 Å². The molecule has 0 bridgehead atoms. The lowest BCUT2D eigenvalue weighted by Crippen LogP contribution is -2.54. The molecule has 0 aromatic carbocycles. The highest BCUT2D eigenvalue weighted by Crippen LogP contribution is 2.26. The van der Waals surface area contributed by atoms with Crippen molar-refractivity contribution in [2.24, 2.45) is 11.7 Å². The third-order valence-electron chi connectivity index (χ3n) is 3.00. The molecule has 0 saturated heterocycles. The van der Waals surface area contributed by atoms with E-state index in [2.05, 4.69) is 0 Å². The molecule has 0 fully saturated rings. The molecule has 0 rings (SSSR count). The van der Waals surface area contributed by atoms with Gasteiger partial charge >= 0.3 is 7.12 Å². The zero-order chi connectivity index (χ0) is 13.1. The van der Waals surface area contributed by atoms with Crippen molar-refractivity contribution in [3.05, 3.63) is 0 Å². The van der Waals surface area contributed by atoms with E-state index in [1.54, 1.807) is 27.7 Å². The molecule has 0 aliphatic carbocycles. The average Bonchev–Trinajstić information content (AvgIpc) is 1.99. The lowest BCUT2D eigenvalue weighted by molar-refractivity contribution is -0.101. The van der Waals surface area contributed by atoms with Crippen LogP contribution in [-0.2, 0) is 4.65 Å². The van der Waals surface area contributed by atoms with E-state index in [0.29, 0.717) is 12.3 Å². The molecule has 0 radical (unpaired) electrons. The lowest BCUT2D eigenvalue weighted by Gasteiger charge is -2.39. The molecule has 0 aromatic rings. The average molecular weight is 268 g/mol. The summed E-state index contributed by atoms with van der Waals surface area (Å²) < 4.78 is 5.45. The second-order valence-corrected chi connectivity index (χ2v) is 5.87. The van der Waals surface area contributed by atoms with Crippen molar-refractivity contribution >= 4 is 19.5 Å². The first-order chi connectivity index (χ1) is 6.97. The van der Waals surface area contributed by atoms with Crippen LogP contribution in [0.1, 0.15) is 48.0 Å². The van der Waals surface area contributed by atoms with Crippen LogP contribution in [-0.4, -0.2) is 34.4 Å². The topological polar surface area (TPSA) is 75.7 Å². The Labute approximate surface area is 111 Å². The Hall–Kier alpha value is 0.195. The Bertz CT molecular complexity index is 219. The Balaban J connectivity index is 0. The summed E-state index contributed by atoms with van der Waals surface area (Å²) in [6, 6.07) is 0. The molecule has 104 valence electrons. The smallest absolute Gasteiger partial charge is 0.426 e. The highest BCUT2D eigenvalue weighted by molar-refractivity contribution is 6.45. The van der Waals surface area contributed by atoms with Gasteiger partial charge in [-0.25, -0.2) is 0 Å². The lowest BCUT2D eigenvalue weighted by atomic mass is 9.73. The van der Waals surface area contributed by atoms with Crippen LogP contribution in [0.4, 0.5) is 0 Å². The van der Waals surface area contributed by atoms with Gasteiger partial charge in [0.05, 0.1) is 11.2 Å². The summed E-state index contributed by atoms with van der Waals surface area (Å²) in [5.41, 5.74) is 3.93. The van der Waals surface area contributed by atoms with Crippen molar-refractivity contribution in [2.45, 2.75) is 65.1 Å². The fourth-order valence-electron chi connectivity index (χ4n) is 1.19. The van der Waals surface area contributed by atoms with Gasteiger partial charge in [0.25, 0.3) is 0 Å². The van der Waals surface area contributed by atoms with Crippen molar-refractivity contribution in [3.8, 4) is 0 Å². The van der Waals surface area contributed by atoms with Gasteiger partial charge in [-0.2, -0.15) is 0 Å². The summed E-state index contributed by atoms with van der Waals surface area (Å²) in [5.74, 6) is -0.0277. The van der Waals surface area contributed by atoms with E-state index >= 15 is 0 Å². The molecule has 4 nitrogen and oxygen atoms in total. The van der Waals surface area contributed by atoms with Gasteiger partial charge in [-0.1, -0.05) is 13.8 Å². The molecule has 4 N–H and O–H groups in total. The minimum absolute atomic E-state index is 0. The van der Waals surface area contributed by atoms with Crippen LogP contribution in [0.25, 0.3) is 0 Å². The Morgan fingerprint density at radius 3 is 1.94 bits per heavy atom. The molecule has 1 atom stereocenters. The minimum Gasteiger partial charge on any atom is -0.426 e. The van der Waals surface area contributed by atoms with Crippen molar-refractivity contribution < 1.29 is 14.8 Å². The molecule has 0 aliphatic rings. The largest absolute Gasteiger partial charge is 0.472 e. The summed E-state index contributed by atoms with van der Waals surface area (Å²) >= 11 is 0. The van der Waals surface area contributed by atoms with Crippen LogP contribution in [0.3, 0.4) is 0 Å². The van der Waals surface area contributed by atoms with Gasteiger partial charge in [0.2, 0.25) is 0 Å². The number of rotatable bonds is 6. The number of halogens is 1. The van der Waals surface area contributed by atoms with Crippen LogP contribution < -0.4 is 5.73 Å². The number of hydrogen-bond donors (Lipinski definition) is 3. The van der Waals surface area contributed by atoms with Gasteiger partial charge < -0.3 is 20.5 Å². The van der Waals surface area contributed by atoms with E-state index in [1.165, 1.54) is 0 Å². The molecule has 0 aromatic heterocycles. The van der Waals surface area contributed by atoms with Crippen LogP contribution in [0, 0.1) is 5.92 Å². The number of aliphatic hydroxyl groups is 1. The molecular formula is C11H27BClNO3. The number of hydrogen-bond acceptors (Lipinski definition) is 4. The van der Waals surface area contributed by atoms with E-state index in [4.69, 9.17) is 10.4 Å². The highest BCUT2D eigenvalue weighted by Gasteiger charge is 2.40. The second-order valence-electron chi connectivity index (χ2n) is 5.87. The fraction of sp³-hybridized carbons (Fsp3) is 1.00. The van der Waals surface area contributed by atoms with E-state index in [0.717, 1.165) is 0 Å². The molecule has 17 heavy (non-hydrogen) atoms. The summed E-state index contributed by atoms with van der Waals surface area (Å²) in [6.07, 6.45) is 0.684. The predicted octanol–water partition coefficient (Wildman–Crippen LogP) is 1.37. The van der Waals surface area contributed by atoms with Gasteiger partial charge in [0.15, 0.2) is 0 Å². The zero-order valence-corrected chi connectivity index (χ0v) is 12.5. The molecule has 0 saturated carbocycles. The third kappa shape index (κ3) is 6.62. The van der Waals surface area contributed by atoms with E-state index in [-0.39, 0.29) is 12.4 Å². The third-order valence-corrected chi connectivity index (χ3v) is 3.00. The first-order valence-electron chi connectivity index (χ1n) is 5.81. The summed E-state index contributed by atoms with van der Waals surface area (Å²) in [4.78, 5) is 0.